The molecule has 15 heavy (non-hydrogen) atoms. The summed E-state index contributed by atoms with van der Waals surface area (Å²) in [6, 6.07) is 0.449. The first-order chi connectivity index (χ1) is 7.05. The molecule has 90 valence electrons. The zero-order valence-corrected chi connectivity index (χ0v) is 11.4. The monoisotopic (exact) mass is 229 g/mol. The molecule has 0 aromatic heterocycles. The number of thioether (sulfide) groups is 1. The minimum atomic E-state index is 0.449. The second-order valence-corrected chi connectivity index (χ2v) is 7.03. The molecule has 1 rings (SSSR count). The number of hydrogen-bond acceptors (Lipinski definition) is 2. The van der Waals surface area contributed by atoms with Crippen molar-refractivity contribution in [1.82, 2.24) is 0 Å². The molecule has 0 spiro atoms. The molecule has 1 aliphatic carbocycles. The molecule has 2 atom stereocenters. The third-order valence-electron chi connectivity index (χ3n) is 3.47. The summed E-state index contributed by atoms with van der Waals surface area (Å²) in [6.45, 7) is 7.04. The van der Waals surface area contributed by atoms with Gasteiger partial charge in [0.25, 0.3) is 0 Å². The lowest BCUT2D eigenvalue weighted by Gasteiger charge is -2.38. The molecule has 0 amide bonds. The Labute approximate surface area is 99.6 Å². The lowest BCUT2D eigenvalue weighted by Crippen LogP contribution is -2.41. The maximum absolute atomic E-state index is 6.19. The Morgan fingerprint density at radius 3 is 2.73 bits per heavy atom. The van der Waals surface area contributed by atoms with E-state index in [0.717, 1.165) is 0 Å². The topological polar surface area (TPSA) is 26.0 Å². The minimum Gasteiger partial charge on any atom is -0.327 e. The van der Waals surface area contributed by atoms with Crippen LogP contribution in [0.3, 0.4) is 0 Å². The smallest absolute Gasteiger partial charge is 0.0204 e. The largest absolute Gasteiger partial charge is 0.327 e. The normalized spacial score (nSPS) is 30.4. The van der Waals surface area contributed by atoms with Gasteiger partial charge in [-0.05, 0) is 36.9 Å². The van der Waals surface area contributed by atoms with E-state index in [1.54, 1.807) is 0 Å². The molecule has 0 aromatic carbocycles. The number of nitrogens with two attached hydrogens (primary N) is 1. The van der Waals surface area contributed by atoms with Crippen molar-refractivity contribution in [2.75, 3.05) is 5.75 Å². The fourth-order valence-corrected chi connectivity index (χ4v) is 3.94. The van der Waals surface area contributed by atoms with Crippen molar-refractivity contribution in [1.29, 1.82) is 0 Å². The zero-order chi connectivity index (χ0) is 11.3. The van der Waals surface area contributed by atoms with Crippen molar-refractivity contribution in [3.05, 3.63) is 0 Å². The van der Waals surface area contributed by atoms with Crippen LogP contribution >= 0.6 is 11.8 Å². The van der Waals surface area contributed by atoms with E-state index in [4.69, 9.17) is 5.73 Å². The third-order valence-corrected chi connectivity index (χ3v) is 4.93. The van der Waals surface area contributed by atoms with Gasteiger partial charge in [0.05, 0.1) is 0 Å². The van der Waals surface area contributed by atoms with E-state index in [1.165, 1.54) is 44.3 Å². The highest BCUT2D eigenvalue weighted by Crippen LogP contribution is 2.39. The van der Waals surface area contributed by atoms with Gasteiger partial charge in [-0.25, -0.2) is 0 Å². The molecule has 1 saturated carbocycles. The molecule has 2 N–H and O–H groups in total. The fourth-order valence-electron chi connectivity index (χ4n) is 2.31. The Hall–Kier alpha value is 0.310. The van der Waals surface area contributed by atoms with Crippen molar-refractivity contribution < 1.29 is 0 Å². The molecule has 2 unspecified atom stereocenters. The Balaban J connectivity index is 2.25. The summed E-state index contributed by atoms with van der Waals surface area (Å²) < 4.78 is 0. The van der Waals surface area contributed by atoms with Crippen molar-refractivity contribution in [3.8, 4) is 0 Å². The Morgan fingerprint density at radius 2 is 2.07 bits per heavy atom. The zero-order valence-electron chi connectivity index (χ0n) is 10.6. The Morgan fingerprint density at radius 1 is 1.33 bits per heavy atom. The van der Waals surface area contributed by atoms with Gasteiger partial charge in [0.2, 0.25) is 0 Å². The van der Waals surface area contributed by atoms with Crippen molar-refractivity contribution in [2.24, 2.45) is 11.1 Å². The summed E-state index contributed by atoms with van der Waals surface area (Å²) in [5.74, 6) is 1.31. The number of hydrogen-bond donors (Lipinski definition) is 1. The molecule has 1 fully saturated rings. The molecular weight excluding hydrogens is 202 g/mol. The van der Waals surface area contributed by atoms with E-state index in [9.17, 15) is 0 Å². The summed E-state index contributed by atoms with van der Waals surface area (Å²) in [7, 11) is 0. The average molecular weight is 229 g/mol. The third kappa shape index (κ3) is 4.78. The maximum Gasteiger partial charge on any atom is 0.0204 e. The quantitative estimate of drug-likeness (QED) is 0.725. The number of unbranched alkanes of at least 4 members (excludes halogenated alkanes) is 2. The van der Waals surface area contributed by atoms with Crippen molar-refractivity contribution >= 4 is 11.8 Å². The molecule has 0 heterocycles. The van der Waals surface area contributed by atoms with Crippen LogP contribution in [-0.4, -0.2) is 17.0 Å². The molecule has 0 bridgehead atoms. The predicted molar refractivity (Wildman–Crippen MR) is 71.4 cm³/mol. The predicted octanol–water partition coefficient (Wildman–Crippen LogP) is 3.82. The second kappa shape index (κ2) is 6.15. The van der Waals surface area contributed by atoms with E-state index >= 15 is 0 Å². The van der Waals surface area contributed by atoms with Crippen molar-refractivity contribution in [3.63, 3.8) is 0 Å². The van der Waals surface area contributed by atoms with Crippen LogP contribution in [0, 0.1) is 5.41 Å². The summed E-state index contributed by atoms with van der Waals surface area (Å²) in [4.78, 5) is 0. The van der Waals surface area contributed by atoms with Crippen LogP contribution in [0.5, 0.6) is 0 Å². The fraction of sp³-hybridized carbons (Fsp3) is 1.00. The van der Waals surface area contributed by atoms with Gasteiger partial charge in [-0.3, -0.25) is 0 Å². The van der Waals surface area contributed by atoms with Crippen LogP contribution in [0.25, 0.3) is 0 Å². The standard InChI is InChI=1S/C13H27NS/c1-4-5-6-9-15-12-10-13(2,3)8-7-11(12)14/h11-12H,4-10,14H2,1-3H3. The first kappa shape index (κ1) is 13.4. The van der Waals surface area contributed by atoms with Crippen LogP contribution in [0.1, 0.15) is 59.3 Å². The molecule has 0 aliphatic heterocycles. The molecule has 1 aliphatic rings. The summed E-state index contributed by atoms with van der Waals surface area (Å²) in [5.41, 5.74) is 6.72. The second-order valence-electron chi connectivity index (χ2n) is 5.69. The van der Waals surface area contributed by atoms with Gasteiger partial charge >= 0.3 is 0 Å². The van der Waals surface area contributed by atoms with Gasteiger partial charge in [-0.1, -0.05) is 33.6 Å². The lowest BCUT2D eigenvalue weighted by molar-refractivity contribution is 0.232. The van der Waals surface area contributed by atoms with E-state index < -0.39 is 0 Å². The van der Waals surface area contributed by atoms with E-state index in [1.807, 2.05) is 0 Å². The van der Waals surface area contributed by atoms with Gasteiger partial charge in [0, 0.05) is 11.3 Å². The molecular formula is C13H27NS. The van der Waals surface area contributed by atoms with Gasteiger partial charge in [0.1, 0.15) is 0 Å². The van der Waals surface area contributed by atoms with Crippen LogP contribution in [0.2, 0.25) is 0 Å². The van der Waals surface area contributed by atoms with Crippen LogP contribution in [0.4, 0.5) is 0 Å². The summed E-state index contributed by atoms with van der Waals surface area (Å²) in [6.07, 6.45) is 7.90. The average Bonchev–Trinajstić information content (AvgIpc) is 2.18. The molecule has 0 radical (unpaired) electrons. The summed E-state index contributed by atoms with van der Waals surface area (Å²) in [5, 5.41) is 0.714. The van der Waals surface area contributed by atoms with Crippen LogP contribution in [-0.2, 0) is 0 Å². The first-order valence-corrected chi connectivity index (χ1v) is 7.47. The molecule has 1 nitrogen and oxygen atoms in total. The summed E-state index contributed by atoms with van der Waals surface area (Å²) >= 11 is 2.12. The van der Waals surface area contributed by atoms with E-state index in [0.29, 0.717) is 16.7 Å². The Kier molecular flexibility index (Phi) is 5.48. The minimum absolute atomic E-state index is 0.449. The van der Waals surface area contributed by atoms with E-state index in [2.05, 4.69) is 32.5 Å². The first-order valence-electron chi connectivity index (χ1n) is 6.42. The van der Waals surface area contributed by atoms with Crippen LogP contribution < -0.4 is 5.73 Å². The van der Waals surface area contributed by atoms with Gasteiger partial charge in [0.15, 0.2) is 0 Å². The molecule has 0 saturated heterocycles. The van der Waals surface area contributed by atoms with Crippen LogP contribution in [0.15, 0.2) is 0 Å². The molecule has 0 aromatic rings. The Bertz CT molecular complexity index is 179. The highest BCUT2D eigenvalue weighted by Gasteiger charge is 2.32. The lowest BCUT2D eigenvalue weighted by atomic mass is 9.75. The molecule has 2 heteroatoms. The highest BCUT2D eigenvalue weighted by molar-refractivity contribution is 7.99. The highest BCUT2D eigenvalue weighted by atomic mass is 32.2. The van der Waals surface area contributed by atoms with Gasteiger partial charge in [-0.2, -0.15) is 11.8 Å². The van der Waals surface area contributed by atoms with E-state index in [-0.39, 0.29) is 0 Å². The van der Waals surface area contributed by atoms with Gasteiger partial charge in [-0.15, -0.1) is 0 Å². The van der Waals surface area contributed by atoms with Gasteiger partial charge < -0.3 is 5.73 Å². The SMILES string of the molecule is CCCCCSC1CC(C)(C)CCC1N. The van der Waals surface area contributed by atoms with Crippen molar-refractivity contribution in [2.45, 2.75) is 70.6 Å². The maximum atomic E-state index is 6.19. The number of rotatable bonds is 5.